The Morgan fingerprint density at radius 2 is 2.12 bits per heavy atom. The van der Waals surface area contributed by atoms with Gasteiger partial charge in [-0.1, -0.05) is 35.8 Å². The molecular formula is C24H24BrN3O4S2. The van der Waals surface area contributed by atoms with Gasteiger partial charge in [-0.15, -0.1) is 11.3 Å². The maximum absolute atomic E-state index is 13.4. The summed E-state index contributed by atoms with van der Waals surface area (Å²) in [5, 5.41) is 7.11. The lowest BCUT2D eigenvalue weighted by atomic mass is 9.70. The molecule has 5 rings (SSSR count). The van der Waals surface area contributed by atoms with Crippen LogP contribution >= 0.6 is 27.3 Å². The lowest BCUT2D eigenvalue weighted by Crippen LogP contribution is -2.43. The number of carbonyl (C=O) groups excluding carboxylic acids is 1. The monoisotopic (exact) mass is 561 g/mol. The Bertz CT molecular complexity index is 1430. The molecule has 3 aromatic rings. The number of hydrazone groups is 1. The molecule has 1 aromatic carbocycles. The van der Waals surface area contributed by atoms with Crippen molar-refractivity contribution in [2.24, 2.45) is 21.8 Å². The lowest BCUT2D eigenvalue weighted by Gasteiger charge is -2.37. The van der Waals surface area contributed by atoms with E-state index in [-0.39, 0.29) is 17.1 Å². The number of amides is 1. The number of pyridine rings is 1. The van der Waals surface area contributed by atoms with Gasteiger partial charge in [0.15, 0.2) is 0 Å². The molecule has 2 fully saturated rings. The molecule has 2 aliphatic rings. The first kappa shape index (κ1) is 23.6. The number of halogens is 1. The molecule has 10 heteroatoms. The highest BCUT2D eigenvalue weighted by Crippen LogP contribution is 2.64. The zero-order valence-electron chi connectivity index (χ0n) is 18.7. The summed E-state index contributed by atoms with van der Waals surface area (Å²) in [6.45, 7) is 4.06. The van der Waals surface area contributed by atoms with Gasteiger partial charge in [0.2, 0.25) is 0 Å². The van der Waals surface area contributed by atoms with Gasteiger partial charge in [-0.2, -0.15) is 13.5 Å². The number of carbonyl (C=O) groups is 1. The van der Waals surface area contributed by atoms with Gasteiger partial charge in [0.25, 0.3) is 16.0 Å². The van der Waals surface area contributed by atoms with Crippen LogP contribution < -0.4 is 5.43 Å². The summed E-state index contributed by atoms with van der Waals surface area (Å²) in [4.78, 5) is 19.1. The van der Waals surface area contributed by atoms with E-state index >= 15 is 0 Å². The van der Waals surface area contributed by atoms with Crippen LogP contribution in [0, 0.1) is 16.7 Å². The predicted molar refractivity (Wildman–Crippen MR) is 138 cm³/mol. The second-order valence-corrected chi connectivity index (χ2v) is 13.0. The minimum absolute atomic E-state index is 0.257. The fraction of sp³-hybridized carbons (Fsp3) is 0.375. The van der Waals surface area contributed by atoms with E-state index in [2.05, 4.69) is 26.5 Å². The summed E-state index contributed by atoms with van der Waals surface area (Å²) < 4.78 is 34.3. The number of thiophene rings is 1. The van der Waals surface area contributed by atoms with Gasteiger partial charge in [-0.3, -0.25) is 9.35 Å². The van der Waals surface area contributed by atoms with Crippen molar-refractivity contribution >= 4 is 59.9 Å². The Morgan fingerprint density at radius 3 is 2.79 bits per heavy atom. The summed E-state index contributed by atoms with van der Waals surface area (Å²) in [5.74, 6) is -0.516. The number of nitrogens with zero attached hydrogens (tertiary/aromatic N) is 2. The summed E-state index contributed by atoms with van der Waals surface area (Å²) in [6, 6.07) is 11.2. The van der Waals surface area contributed by atoms with Gasteiger partial charge in [0.1, 0.15) is 0 Å². The fourth-order valence-corrected chi connectivity index (χ4v) is 8.07. The molecule has 2 aromatic heterocycles. The highest BCUT2D eigenvalue weighted by Gasteiger charge is 2.64. The van der Waals surface area contributed by atoms with Crippen molar-refractivity contribution in [2.75, 3.05) is 5.75 Å². The Morgan fingerprint density at radius 1 is 1.32 bits per heavy atom. The number of hydrogen-bond acceptors (Lipinski definition) is 6. The molecule has 0 saturated heterocycles. The smallest absolute Gasteiger partial charge is 0.272 e. The van der Waals surface area contributed by atoms with E-state index in [4.69, 9.17) is 4.98 Å². The Labute approximate surface area is 210 Å². The van der Waals surface area contributed by atoms with Crippen molar-refractivity contribution < 1.29 is 17.8 Å². The van der Waals surface area contributed by atoms with E-state index in [1.807, 2.05) is 49.6 Å². The second-order valence-electron chi connectivity index (χ2n) is 9.66. The van der Waals surface area contributed by atoms with Gasteiger partial charge in [-0.05, 0) is 66.3 Å². The van der Waals surface area contributed by atoms with Crippen LogP contribution in [-0.2, 0) is 10.1 Å². The second kappa shape index (κ2) is 8.22. The summed E-state index contributed by atoms with van der Waals surface area (Å²) in [6.07, 6.45) is 2.10. The minimum atomic E-state index is -4.22. The molecule has 7 nitrogen and oxygen atoms in total. The first-order chi connectivity index (χ1) is 16.0. The third-order valence-electron chi connectivity index (χ3n) is 7.68. The number of benzene rings is 1. The first-order valence-electron chi connectivity index (χ1n) is 11.0. The molecule has 178 valence electrons. The maximum Gasteiger partial charge on any atom is 0.272 e. The quantitative estimate of drug-likeness (QED) is 0.314. The van der Waals surface area contributed by atoms with E-state index in [0.29, 0.717) is 40.7 Å². The van der Waals surface area contributed by atoms with Crippen LogP contribution in [0.2, 0.25) is 0 Å². The molecule has 2 bridgehead atoms. The normalized spacial score (nSPS) is 24.7. The molecule has 2 heterocycles. The molecule has 1 amide bonds. The molecule has 0 aliphatic heterocycles. The van der Waals surface area contributed by atoms with Crippen LogP contribution in [0.5, 0.6) is 0 Å². The van der Waals surface area contributed by atoms with Crippen molar-refractivity contribution in [1.29, 1.82) is 0 Å². The number of fused-ring (bicyclic) bond motifs is 3. The first-order valence-corrected chi connectivity index (χ1v) is 14.3. The summed E-state index contributed by atoms with van der Waals surface area (Å²) in [5.41, 5.74) is 4.03. The predicted octanol–water partition coefficient (Wildman–Crippen LogP) is 5.53. The topological polar surface area (TPSA) is 109 Å². The zero-order valence-corrected chi connectivity index (χ0v) is 21.9. The van der Waals surface area contributed by atoms with Crippen LogP contribution in [0.25, 0.3) is 21.5 Å². The van der Waals surface area contributed by atoms with Crippen molar-refractivity contribution in [3.63, 3.8) is 0 Å². The van der Waals surface area contributed by atoms with Crippen molar-refractivity contribution in [2.45, 2.75) is 33.1 Å². The van der Waals surface area contributed by atoms with Crippen molar-refractivity contribution in [3.05, 3.63) is 51.8 Å². The molecule has 2 aliphatic carbocycles. The minimum Gasteiger partial charge on any atom is -0.286 e. The van der Waals surface area contributed by atoms with Crippen LogP contribution in [0.15, 0.2) is 51.4 Å². The largest absolute Gasteiger partial charge is 0.286 e. The van der Waals surface area contributed by atoms with Crippen LogP contribution in [0.4, 0.5) is 0 Å². The molecule has 2 saturated carbocycles. The third kappa shape index (κ3) is 3.90. The molecular weight excluding hydrogens is 538 g/mol. The SMILES string of the molecule is CC1(C)C2CCC1(CS(=O)(=O)O)/C(=N/NC(=O)c1cc(-c3cccs3)nc3ccc(Br)cc13)C2. The van der Waals surface area contributed by atoms with Crippen molar-refractivity contribution in [1.82, 2.24) is 10.4 Å². The van der Waals surface area contributed by atoms with Gasteiger partial charge in [0, 0.05) is 21.0 Å². The maximum atomic E-state index is 13.4. The van der Waals surface area contributed by atoms with Gasteiger partial charge in [0.05, 0.1) is 27.4 Å². The van der Waals surface area contributed by atoms with E-state index in [1.165, 1.54) is 0 Å². The van der Waals surface area contributed by atoms with Gasteiger partial charge >= 0.3 is 0 Å². The third-order valence-corrected chi connectivity index (χ3v) is 9.92. The molecule has 2 atom stereocenters. The Kier molecular flexibility index (Phi) is 5.70. The van der Waals surface area contributed by atoms with Crippen LogP contribution in [0.1, 0.15) is 43.5 Å². The average Bonchev–Trinajstić information content (AvgIpc) is 3.42. The lowest BCUT2D eigenvalue weighted by molar-refractivity contribution is 0.0955. The van der Waals surface area contributed by atoms with E-state index < -0.39 is 21.4 Å². The molecule has 0 spiro atoms. The molecule has 2 unspecified atom stereocenters. The fourth-order valence-electron chi connectivity index (χ4n) is 5.72. The Hall–Kier alpha value is -2.14. The zero-order chi connectivity index (χ0) is 24.3. The standard InChI is InChI=1S/C24H24BrN3O4S2/c1-23(2)14-7-8-24(23,13-34(30,31)32)21(10-14)27-28-22(29)17-12-19(20-4-3-9-33-20)26-18-6-5-15(25)11-16(17)18/h3-6,9,11-12,14H,7-8,10,13H2,1-2H3,(H,28,29)(H,30,31,32)/b27-21+. The number of aromatic nitrogens is 1. The van der Waals surface area contributed by atoms with Gasteiger partial charge in [-0.25, -0.2) is 10.4 Å². The number of hydrogen-bond donors (Lipinski definition) is 2. The summed E-state index contributed by atoms with van der Waals surface area (Å²) in [7, 11) is -4.22. The van der Waals surface area contributed by atoms with E-state index in [1.54, 1.807) is 17.4 Å². The van der Waals surface area contributed by atoms with Crippen molar-refractivity contribution in [3.8, 4) is 10.6 Å². The number of rotatable bonds is 5. The molecule has 34 heavy (non-hydrogen) atoms. The van der Waals surface area contributed by atoms with E-state index in [9.17, 15) is 17.8 Å². The number of nitrogens with one attached hydrogen (secondary N) is 1. The summed E-state index contributed by atoms with van der Waals surface area (Å²) >= 11 is 5.01. The van der Waals surface area contributed by atoms with E-state index in [0.717, 1.165) is 15.8 Å². The average molecular weight is 563 g/mol. The highest BCUT2D eigenvalue weighted by molar-refractivity contribution is 9.10. The molecule has 2 N–H and O–H groups in total. The molecule has 0 radical (unpaired) electrons. The van der Waals surface area contributed by atoms with Crippen LogP contribution in [-0.4, -0.2) is 35.3 Å². The van der Waals surface area contributed by atoms with Crippen LogP contribution in [0.3, 0.4) is 0 Å². The van der Waals surface area contributed by atoms with Gasteiger partial charge < -0.3 is 0 Å². The highest BCUT2D eigenvalue weighted by atomic mass is 79.9. The Balaban J connectivity index is 1.54.